The topological polar surface area (TPSA) is 83.6 Å². The summed E-state index contributed by atoms with van der Waals surface area (Å²) in [6.45, 7) is 1.84. The first-order chi connectivity index (χ1) is 12.8. The van der Waals surface area contributed by atoms with E-state index in [-0.39, 0.29) is 4.90 Å². The van der Waals surface area contributed by atoms with Gasteiger partial charge in [0.15, 0.2) is 0 Å². The van der Waals surface area contributed by atoms with E-state index < -0.39 is 32.6 Å². The van der Waals surface area contributed by atoms with Crippen LogP contribution in [0.15, 0.2) is 59.5 Å². The number of rotatable bonds is 5. The molecule has 2 amide bonds. The molecule has 2 unspecified atom stereocenters. The van der Waals surface area contributed by atoms with Gasteiger partial charge in [0.1, 0.15) is 11.4 Å². The fourth-order valence-electron chi connectivity index (χ4n) is 2.56. The van der Waals surface area contributed by atoms with Crippen LogP contribution >= 0.6 is 24.4 Å². The summed E-state index contributed by atoms with van der Waals surface area (Å²) in [5.41, 5.74) is 1.88. The molecule has 1 saturated heterocycles. The van der Waals surface area contributed by atoms with E-state index in [0.717, 1.165) is 22.9 Å². The number of nitrogens with zero attached hydrogens (tertiary/aromatic N) is 1. The van der Waals surface area contributed by atoms with Gasteiger partial charge in [0.25, 0.3) is 21.2 Å². The molecule has 0 aliphatic carbocycles. The fraction of sp³-hybridized carbons (Fsp3) is 0.222. The van der Waals surface area contributed by atoms with Crippen molar-refractivity contribution in [3.05, 3.63) is 65.7 Å². The minimum absolute atomic E-state index is 0.0173. The molecule has 0 bridgehead atoms. The van der Waals surface area contributed by atoms with Crippen molar-refractivity contribution in [1.29, 1.82) is 0 Å². The maximum Gasteiger partial charge on any atom is 0.280 e. The predicted molar refractivity (Wildman–Crippen MR) is 108 cm³/mol. The van der Waals surface area contributed by atoms with Crippen molar-refractivity contribution in [1.82, 2.24) is 9.62 Å². The molecule has 2 aromatic carbocycles. The van der Waals surface area contributed by atoms with Gasteiger partial charge < -0.3 is 5.32 Å². The molecule has 9 heteroatoms. The predicted octanol–water partition coefficient (Wildman–Crippen LogP) is 2.79. The average Bonchev–Trinajstić information content (AvgIpc) is 2.65. The number of thioether (sulfide) groups is 1. The standard InChI is InChI=1S/C18H18N2O4S3/c1-12-7-9-14(10-8-12)27(23,24)20-16(21)15(17(20)25)19-18(22)26-11-13-5-3-2-4-6-13/h2-10,15,17,25H,11H2,1H3,(H,19,22). The number of aryl methyl sites for hydroxylation is 1. The third-order valence-electron chi connectivity index (χ3n) is 4.09. The molecule has 1 heterocycles. The van der Waals surface area contributed by atoms with Gasteiger partial charge in [0, 0.05) is 5.75 Å². The van der Waals surface area contributed by atoms with Crippen LogP contribution in [-0.2, 0) is 20.6 Å². The molecule has 3 rings (SSSR count). The number of thiol groups is 1. The summed E-state index contributed by atoms with van der Waals surface area (Å²) in [5, 5.41) is 1.20. The molecular formula is C18H18N2O4S3. The van der Waals surface area contributed by atoms with Crippen molar-refractivity contribution in [2.45, 2.75) is 29.0 Å². The number of benzene rings is 2. The number of sulfonamides is 1. The molecule has 142 valence electrons. The highest BCUT2D eigenvalue weighted by molar-refractivity contribution is 8.12. The molecular weight excluding hydrogens is 404 g/mol. The summed E-state index contributed by atoms with van der Waals surface area (Å²) in [6, 6.07) is 14.7. The highest BCUT2D eigenvalue weighted by Gasteiger charge is 2.52. The fourth-order valence-corrected chi connectivity index (χ4v) is 5.41. The first-order valence-electron chi connectivity index (χ1n) is 8.11. The van der Waals surface area contributed by atoms with E-state index in [2.05, 4.69) is 17.9 Å². The number of amides is 2. The highest BCUT2D eigenvalue weighted by Crippen LogP contribution is 2.31. The van der Waals surface area contributed by atoms with Crippen LogP contribution in [-0.4, -0.2) is 35.3 Å². The van der Waals surface area contributed by atoms with Crippen LogP contribution in [0.2, 0.25) is 0 Å². The normalized spacial score (nSPS) is 19.5. The number of carbonyl (C=O) groups excluding carboxylic acids is 2. The summed E-state index contributed by atoms with van der Waals surface area (Å²) < 4.78 is 26.0. The van der Waals surface area contributed by atoms with Gasteiger partial charge in [-0.15, -0.1) is 0 Å². The first-order valence-corrected chi connectivity index (χ1v) is 11.0. The van der Waals surface area contributed by atoms with Crippen molar-refractivity contribution in [3.63, 3.8) is 0 Å². The summed E-state index contributed by atoms with van der Waals surface area (Å²) in [7, 11) is -3.99. The quantitative estimate of drug-likeness (QED) is 0.572. The molecule has 2 aromatic rings. The second kappa shape index (κ2) is 7.95. The Balaban J connectivity index is 1.61. The maximum atomic E-state index is 12.6. The number of hydrogen-bond acceptors (Lipinski definition) is 6. The van der Waals surface area contributed by atoms with Crippen LogP contribution in [0, 0.1) is 6.92 Å². The molecule has 0 radical (unpaired) electrons. The van der Waals surface area contributed by atoms with E-state index in [4.69, 9.17) is 0 Å². The lowest BCUT2D eigenvalue weighted by atomic mass is 10.1. The number of nitrogens with one attached hydrogen (secondary N) is 1. The number of carbonyl (C=O) groups is 2. The van der Waals surface area contributed by atoms with Gasteiger partial charge in [-0.05, 0) is 24.6 Å². The van der Waals surface area contributed by atoms with Gasteiger partial charge in [-0.25, -0.2) is 12.7 Å². The molecule has 0 spiro atoms. The Hall–Kier alpha value is -1.97. The molecule has 0 saturated carbocycles. The van der Waals surface area contributed by atoms with Crippen molar-refractivity contribution >= 4 is 45.6 Å². The Morgan fingerprint density at radius 1 is 1.15 bits per heavy atom. The molecule has 6 nitrogen and oxygen atoms in total. The molecule has 1 fully saturated rings. The van der Waals surface area contributed by atoms with E-state index in [9.17, 15) is 18.0 Å². The Morgan fingerprint density at radius 2 is 1.78 bits per heavy atom. The molecule has 27 heavy (non-hydrogen) atoms. The van der Waals surface area contributed by atoms with Crippen LogP contribution in [0.5, 0.6) is 0 Å². The van der Waals surface area contributed by atoms with Gasteiger partial charge in [0.2, 0.25) is 0 Å². The van der Waals surface area contributed by atoms with Crippen molar-refractivity contribution < 1.29 is 18.0 Å². The largest absolute Gasteiger partial charge is 0.332 e. The monoisotopic (exact) mass is 422 g/mol. The Kier molecular flexibility index (Phi) is 5.83. The summed E-state index contributed by atoms with van der Waals surface area (Å²) in [6.07, 6.45) is 0. The summed E-state index contributed by atoms with van der Waals surface area (Å²) in [5.74, 6) is -0.236. The first kappa shape index (κ1) is 19.8. The average molecular weight is 423 g/mol. The third-order valence-corrected chi connectivity index (χ3v) is 7.42. The van der Waals surface area contributed by atoms with E-state index in [1.165, 1.54) is 12.1 Å². The molecule has 1 N–H and O–H groups in total. The van der Waals surface area contributed by atoms with Crippen LogP contribution in [0.1, 0.15) is 11.1 Å². The lowest BCUT2D eigenvalue weighted by molar-refractivity contribution is -0.137. The third kappa shape index (κ3) is 4.15. The zero-order valence-electron chi connectivity index (χ0n) is 14.4. The van der Waals surface area contributed by atoms with Gasteiger partial charge >= 0.3 is 0 Å². The second-order valence-electron chi connectivity index (χ2n) is 6.05. The Morgan fingerprint density at radius 3 is 2.37 bits per heavy atom. The van der Waals surface area contributed by atoms with Gasteiger partial charge in [-0.2, -0.15) is 12.6 Å². The Labute approximate surface area is 167 Å². The summed E-state index contributed by atoms with van der Waals surface area (Å²) >= 11 is 5.23. The van der Waals surface area contributed by atoms with Crippen molar-refractivity contribution in [3.8, 4) is 0 Å². The SMILES string of the molecule is Cc1ccc(S(=O)(=O)N2C(=O)C(NC(=O)SCc3ccccc3)C2S)cc1. The molecule has 1 aliphatic heterocycles. The second-order valence-corrected chi connectivity index (χ2v) is 9.34. The van der Waals surface area contributed by atoms with Gasteiger partial charge in [-0.3, -0.25) is 9.59 Å². The van der Waals surface area contributed by atoms with E-state index >= 15 is 0 Å². The van der Waals surface area contributed by atoms with Crippen LogP contribution in [0.4, 0.5) is 4.79 Å². The van der Waals surface area contributed by atoms with Gasteiger partial charge in [-0.1, -0.05) is 59.8 Å². The Bertz CT molecular complexity index is 946. The molecule has 0 aromatic heterocycles. The maximum absolute atomic E-state index is 12.6. The van der Waals surface area contributed by atoms with E-state index in [0.29, 0.717) is 10.1 Å². The van der Waals surface area contributed by atoms with E-state index in [1.807, 2.05) is 37.3 Å². The van der Waals surface area contributed by atoms with E-state index in [1.54, 1.807) is 12.1 Å². The van der Waals surface area contributed by atoms with Crippen molar-refractivity contribution in [2.75, 3.05) is 0 Å². The highest BCUT2D eigenvalue weighted by atomic mass is 32.2. The lowest BCUT2D eigenvalue weighted by Gasteiger charge is -2.42. The van der Waals surface area contributed by atoms with Gasteiger partial charge in [0.05, 0.1) is 4.90 Å². The number of β-lactam (4-membered cyclic amide) rings is 1. The van der Waals surface area contributed by atoms with Crippen LogP contribution in [0.3, 0.4) is 0 Å². The minimum Gasteiger partial charge on any atom is -0.332 e. The number of hydrogen-bond donors (Lipinski definition) is 2. The lowest BCUT2D eigenvalue weighted by Crippen LogP contribution is -2.69. The van der Waals surface area contributed by atoms with Crippen LogP contribution < -0.4 is 5.32 Å². The molecule has 1 aliphatic rings. The zero-order chi connectivity index (χ0) is 19.6. The smallest absolute Gasteiger partial charge is 0.280 e. The minimum atomic E-state index is -3.99. The zero-order valence-corrected chi connectivity index (χ0v) is 16.9. The summed E-state index contributed by atoms with van der Waals surface area (Å²) in [4.78, 5) is 24.4. The van der Waals surface area contributed by atoms with Crippen molar-refractivity contribution in [2.24, 2.45) is 0 Å². The van der Waals surface area contributed by atoms with Crippen LogP contribution in [0.25, 0.3) is 0 Å². The molecule has 2 atom stereocenters.